The van der Waals surface area contributed by atoms with Crippen LogP contribution in [-0.4, -0.2) is 50.2 Å². The first-order valence-corrected chi connectivity index (χ1v) is 6.38. The molecule has 1 aromatic carbocycles. The number of hydrogen-bond donors (Lipinski definition) is 1. The van der Waals surface area contributed by atoms with Crippen molar-refractivity contribution >= 4 is 23.0 Å². The molecule has 0 aliphatic heterocycles. The van der Waals surface area contributed by atoms with Crippen LogP contribution in [0.15, 0.2) is 12.1 Å². The van der Waals surface area contributed by atoms with Gasteiger partial charge in [0.25, 0.3) is 5.69 Å². The summed E-state index contributed by atoms with van der Waals surface area (Å²) in [5.41, 5.74) is -0.118. The molecule has 0 fully saturated rings. The normalized spacial score (nSPS) is 10.8. The molecule has 0 heterocycles. The highest BCUT2D eigenvalue weighted by Crippen LogP contribution is 2.30. The summed E-state index contributed by atoms with van der Waals surface area (Å²) in [5.74, 6) is -0.687. The van der Waals surface area contributed by atoms with E-state index in [0.717, 1.165) is 18.7 Å². The van der Waals surface area contributed by atoms with E-state index in [4.69, 9.17) is 16.3 Å². The maximum Gasteiger partial charge on any atom is 0.294 e. The number of nitrogens with zero attached hydrogens (tertiary/aromatic N) is 2. The zero-order chi connectivity index (χ0) is 15.1. The lowest BCUT2D eigenvalue weighted by molar-refractivity contribution is -0.384. The average Bonchev–Trinajstić information content (AvgIpc) is 2.39. The number of hydrogen-bond acceptors (Lipinski definition) is 5. The van der Waals surface area contributed by atoms with E-state index in [1.807, 2.05) is 11.9 Å². The molecule has 8 heteroatoms. The van der Waals surface area contributed by atoms with Crippen LogP contribution < -0.4 is 5.32 Å². The molecular formula is C12H17ClFN3O3. The van der Waals surface area contributed by atoms with E-state index in [0.29, 0.717) is 19.7 Å². The van der Waals surface area contributed by atoms with E-state index in [2.05, 4.69) is 5.32 Å². The average molecular weight is 306 g/mol. The van der Waals surface area contributed by atoms with E-state index in [9.17, 15) is 14.5 Å². The van der Waals surface area contributed by atoms with Gasteiger partial charge in [-0.05, 0) is 7.05 Å². The molecule has 0 bridgehead atoms. The summed E-state index contributed by atoms with van der Waals surface area (Å²) in [7, 11) is 3.52. The molecule has 0 amide bonds. The van der Waals surface area contributed by atoms with Gasteiger partial charge in [0.05, 0.1) is 16.6 Å². The molecule has 1 aromatic rings. The summed E-state index contributed by atoms with van der Waals surface area (Å²) in [6.07, 6.45) is 0. The zero-order valence-electron chi connectivity index (χ0n) is 11.4. The summed E-state index contributed by atoms with van der Waals surface area (Å²) in [6.45, 7) is 2.44. The minimum Gasteiger partial charge on any atom is -0.383 e. The molecule has 1 N–H and O–H groups in total. The first kappa shape index (κ1) is 16.6. The standard InChI is InChI=1S/C12H17ClFN3O3/c1-16(5-6-20-2)4-3-15-11-8-10(14)9(13)7-12(11)17(18)19/h7-8,15H,3-6H2,1-2H3. The van der Waals surface area contributed by atoms with Gasteiger partial charge in [-0.1, -0.05) is 11.6 Å². The van der Waals surface area contributed by atoms with Gasteiger partial charge in [-0.25, -0.2) is 4.39 Å². The second-order valence-corrected chi connectivity index (χ2v) is 4.67. The van der Waals surface area contributed by atoms with Crippen molar-refractivity contribution in [2.24, 2.45) is 0 Å². The smallest absolute Gasteiger partial charge is 0.294 e. The highest BCUT2D eigenvalue weighted by atomic mass is 35.5. The second kappa shape index (κ2) is 7.98. The Hall–Kier alpha value is -1.44. The van der Waals surface area contributed by atoms with Crippen LogP contribution >= 0.6 is 11.6 Å². The van der Waals surface area contributed by atoms with Crippen molar-refractivity contribution in [2.75, 3.05) is 45.7 Å². The highest BCUT2D eigenvalue weighted by molar-refractivity contribution is 6.31. The van der Waals surface area contributed by atoms with Gasteiger partial charge in [0.2, 0.25) is 0 Å². The largest absolute Gasteiger partial charge is 0.383 e. The van der Waals surface area contributed by atoms with Crippen molar-refractivity contribution in [3.05, 3.63) is 33.1 Å². The van der Waals surface area contributed by atoms with Gasteiger partial charge < -0.3 is 15.0 Å². The Bertz CT molecular complexity index is 474. The van der Waals surface area contributed by atoms with Crippen LogP contribution in [0.2, 0.25) is 5.02 Å². The van der Waals surface area contributed by atoms with Crippen LogP contribution in [-0.2, 0) is 4.74 Å². The third-order valence-electron chi connectivity index (χ3n) is 2.72. The number of nitrogens with one attached hydrogen (secondary N) is 1. The van der Waals surface area contributed by atoms with Crippen LogP contribution in [0, 0.1) is 15.9 Å². The number of nitro groups is 1. The molecule has 0 saturated heterocycles. The predicted octanol–water partition coefficient (Wildman–Crippen LogP) is 2.38. The molecule has 0 unspecified atom stereocenters. The fourth-order valence-electron chi connectivity index (χ4n) is 1.57. The van der Waals surface area contributed by atoms with Crippen LogP contribution in [0.4, 0.5) is 15.8 Å². The van der Waals surface area contributed by atoms with Gasteiger partial charge in [0, 0.05) is 38.9 Å². The fraction of sp³-hybridized carbons (Fsp3) is 0.500. The molecule has 0 atom stereocenters. The number of halogens is 2. The molecule has 1 rings (SSSR count). The van der Waals surface area contributed by atoms with Crippen LogP contribution in [0.25, 0.3) is 0 Å². The van der Waals surface area contributed by atoms with Crippen LogP contribution in [0.5, 0.6) is 0 Å². The van der Waals surface area contributed by atoms with Gasteiger partial charge >= 0.3 is 0 Å². The van der Waals surface area contributed by atoms with Crippen molar-refractivity contribution in [3.63, 3.8) is 0 Å². The number of anilines is 1. The number of nitro benzene ring substituents is 1. The lowest BCUT2D eigenvalue weighted by atomic mass is 10.2. The van der Waals surface area contributed by atoms with E-state index >= 15 is 0 Å². The number of methoxy groups -OCH3 is 1. The lowest BCUT2D eigenvalue weighted by Crippen LogP contribution is -2.28. The Labute approximate surface area is 121 Å². The second-order valence-electron chi connectivity index (χ2n) is 4.26. The van der Waals surface area contributed by atoms with Crippen LogP contribution in [0.3, 0.4) is 0 Å². The summed E-state index contributed by atoms with van der Waals surface area (Å²) >= 11 is 5.54. The molecular weight excluding hydrogens is 289 g/mol. The number of likely N-dealkylation sites (N-methyl/N-ethyl adjacent to an activating group) is 1. The van der Waals surface area contributed by atoms with Crippen molar-refractivity contribution < 1.29 is 14.1 Å². The molecule has 0 aliphatic rings. The molecule has 0 saturated carbocycles. The molecule has 0 radical (unpaired) electrons. The molecule has 20 heavy (non-hydrogen) atoms. The Morgan fingerprint density at radius 3 is 2.80 bits per heavy atom. The van der Waals surface area contributed by atoms with Crippen molar-refractivity contribution in [3.8, 4) is 0 Å². The molecule has 6 nitrogen and oxygen atoms in total. The quantitative estimate of drug-likeness (QED) is 0.590. The number of benzene rings is 1. The van der Waals surface area contributed by atoms with E-state index in [1.54, 1.807) is 7.11 Å². The molecule has 0 spiro atoms. The highest BCUT2D eigenvalue weighted by Gasteiger charge is 2.17. The molecule has 0 aliphatic carbocycles. The van der Waals surface area contributed by atoms with Gasteiger partial charge in [-0.3, -0.25) is 10.1 Å². The maximum absolute atomic E-state index is 13.4. The predicted molar refractivity (Wildman–Crippen MR) is 75.9 cm³/mol. The monoisotopic (exact) mass is 305 g/mol. The fourth-order valence-corrected chi connectivity index (χ4v) is 1.73. The summed E-state index contributed by atoms with van der Waals surface area (Å²) in [6, 6.07) is 2.05. The van der Waals surface area contributed by atoms with Crippen molar-refractivity contribution in [1.29, 1.82) is 0 Å². The summed E-state index contributed by atoms with van der Waals surface area (Å²) in [5, 5.41) is 13.5. The third-order valence-corrected chi connectivity index (χ3v) is 3.01. The Kier molecular flexibility index (Phi) is 6.63. The van der Waals surface area contributed by atoms with Crippen LogP contribution in [0.1, 0.15) is 0 Å². The summed E-state index contributed by atoms with van der Waals surface area (Å²) in [4.78, 5) is 12.3. The minimum absolute atomic E-state index is 0.122. The van der Waals surface area contributed by atoms with E-state index in [1.165, 1.54) is 0 Å². The van der Waals surface area contributed by atoms with Gasteiger partial charge in [0.1, 0.15) is 11.5 Å². The SMILES string of the molecule is COCCN(C)CCNc1cc(F)c(Cl)cc1[N+](=O)[O-]. The topological polar surface area (TPSA) is 67.6 Å². The molecule has 0 aromatic heterocycles. The maximum atomic E-state index is 13.4. The summed E-state index contributed by atoms with van der Waals surface area (Å²) < 4.78 is 18.3. The Balaban J connectivity index is 2.63. The molecule has 112 valence electrons. The van der Waals surface area contributed by atoms with Gasteiger partial charge in [-0.15, -0.1) is 0 Å². The first-order valence-electron chi connectivity index (χ1n) is 6.00. The van der Waals surface area contributed by atoms with E-state index < -0.39 is 10.7 Å². The number of ether oxygens (including phenoxy) is 1. The first-order chi connectivity index (χ1) is 9.45. The zero-order valence-corrected chi connectivity index (χ0v) is 12.1. The number of rotatable bonds is 8. The lowest BCUT2D eigenvalue weighted by Gasteiger charge is -2.16. The van der Waals surface area contributed by atoms with E-state index in [-0.39, 0.29) is 16.4 Å². The van der Waals surface area contributed by atoms with Gasteiger partial charge in [-0.2, -0.15) is 0 Å². The van der Waals surface area contributed by atoms with Crippen molar-refractivity contribution in [1.82, 2.24) is 4.90 Å². The third kappa shape index (κ3) is 4.92. The Morgan fingerprint density at radius 2 is 2.20 bits per heavy atom. The minimum atomic E-state index is -0.687. The Morgan fingerprint density at radius 1 is 1.50 bits per heavy atom. The van der Waals surface area contributed by atoms with Crippen molar-refractivity contribution in [2.45, 2.75) is 0 Å². The van der Waals surface area contributed by atoms with Gasteiger partial charge in [0.15, 0.2) is 0 Å².